The molecule has 5 nitrogen and oxygen atoms in total. The Kier molecular flexibility index (Phi) is 6.26. The fraction of sp³-hybridized carbons (Fsp3) is 0.538. The van der Waals surface area contributed by atoms with Gasteiger partial charge in [-0.1, -0.05) is 11.6 Å². The van der Waals surface area contributed by atoms with Gasteiger partial charge in [0.1, 0.15) is 10.6 Å². The number of ether oxygens (including phenoxy) is 1. The van der Waals surface area contributed by atoms with E-state index in [1.165, 1.54) is 13.2 Å². The van der Waals surface area contributed by atoms with Crippen molar-refractivity contribution in [2.45, 2.75) is 18.2 Å². The van der Waals surface area contributed by atoms with Gasteiger partial charge in [-0.2, -0.15) is 0 Å². The third kappa shape index (κ3) is 4.63. The molecule has 0 amide bonds. The van der Waals surface area contributed by atoms with Gasteiger partial charge in [-0.05, 0) is 51.7 Å². The zero-order valence-electron chi connectivity index (χ0n) is 12.2. The van der Waals surface area contributed by atoms with Gasteiger partial charge in [0.05, 0.1) is 7.11 Å². The summed E-state index contributed by atoms with van der Waals surface area (Å²) in [5.74, 6) is 0.328. The number of hydrogen-bond acceptors (Lipinski definition) is 4. The van der Waals surface area contributed by atoms with Crippen LogP contribution >= 0.6 is 11.6 Å². The van der Waals surface area contributed by atoms with Crippen molar-refractivity contribution < 1.29 is 13.2 Å². The van der Waals surface area contributed by atoms with Gasteiger partial charge in [0, 0.05) is 11.6 Å². The summed E-state index contributed by atoms with van der Waals surface area (Å²) in [6, 6.07) is 3.08. The highest BCUT2D eigenvalue weighted by molar-refractivity contribution is 7.89. The second-order valence-corrected chi connectivity index (χ2v) is 6.98. The summed E-state index contributed by atoms with van der Waals surface area (Å²) in [6.45, 7) is 2.94. The SMILES string of the molecule is COc1c(C)cc(Cl)cc1S(=O)(=O)NCCCN(C)C. The van der Waals surface area contributed by atoms with Crippen molar-refractivity contribution in [2.24, 2.45) is 0 Å². The number of sulfonamides is 1. The summed E-state index contributed by atoms with van der Waals surface area (Å²) in [4.78, 5) is 2.08. The molecule has 0 radical (unpaired) electrons. The van der Waals surface area contributed by atoms with E-state index in [2.05, 4.69) is 4.72 Å². The molecule has 0 aliphatic carbocycles. The molecule has 1 N–H and O–H groups in total. The highest BCUT2D eigenvalue weighted by atomic mass is 35.5. The van der Waals surface area contributed by atoms with Gasteiger partial charge < -0.3 is 9.64 Å². The third-order valence-corrected chi connectivity index (χ3v) is 4.46. The summed E-state index contributed by atoms with van der Waals surface area (Å²) in [6.07, 6.45) is 0.730. The van der Waals surface area contributed by atoms with Crippen LogP contribution in [0, 0.1) is 6.92 Å². The highest BCUT2D eigenvalue weighted by Gasteiger charge is 2.21. The second kappa shape index (κ2) is 7.26. The van der Waals surface area contributed by atoms with Gasteiger partial charge in [-0.25, -0.2) is 13.1 Å². The Bertz CT molecular complexity index is 559. The normalized spacial score (nSPS) is 11.9. The molecule has 0 saturated carbocycles. The van der Waals surface area contributed by atoms with Crippen LogP contribution in [0.1, 0.15) is 12.0 Å². The lowest BCUT2D eigenvalue weighted by Crippen LogP contribution is -2.27. The first kappa shape index (κ1) is 17.2. The first-order chi connectivity index (χ1) is 9.27. The number of nitrogens with zero attached hydrogens (tertiary/aromatic N) is 1. The van der Waals surface area contributed by atoms with Crippen molar-refractivity contribution in [3.63, 3.8) is 0 Å². The molecule has 0 spiro atoms. The van der Waals surface area contributed by atoms with Crippen LogP contribution in [0.3, 0.4) is 0 Å². The summed E-state index contributed by atoms with van der Waals surface area (Å²) in [7, 11) is 1.71. The summed E-state index contributed by atoms with van der Waals surface area (Å²) >= 11 is 5.93. The van der Waals surface area contributed by atoms with Crippen LogP contribution in [0.25, 0.3) is 0 Å². The van der Waals surface area contributed by atoms with E-state index in [1.807, 2.05) is 19.0 Å². The van der Waals surface area contributed by atoms with E-state index < -0.39 is 10.0 Å². The average Bonchev–Trinajstić information content (AvgIpc) is 2.33. The molecule has 0 bridgehead atoms. The number of hydrogen-bond donors (Lipinski definition) is 1. The molecule has 114 valence electrons. The lowest BCUT2D eigenvalue weighted by molar-refractivity contribution is 0.396. The van der Waals surface area contributed by atoms with Crippen LogP contribution < -0.4 is 9.46 Å². The minimum absolute atomic E-state index is 0.0786. The van der Waals surface area contributed by atoms with Crippen molar-refractivity contribution in [3.8, 4) is 5.75 Å². The second-order valence-electron chi connectivity index (χ2n) is 4.81. The zero-order chi connectivity index (χ0) is 15.3. The Balaban J connectivity index is 2.92. The standard InChI is InChI=1S/C13H21ClN2O3S/c1-10-8-11(14)9-12(13(10)19-4)20(17,18)15-6-5-7-16(2)3/h8-9,15H,5-7H2,1-4H3. The van der Waals surface area contributed by atoms with Crippen molar-refractivity contribution in [1.82, 2.24) is 9.62 Å². The van der Waals surface area contributed by atoms with Gasteiger partial charge in [-0.15, -0.1) is 0 Å². The van der Waals surface area contributed by atoms with Crippen LogP contribution in [0.5, 0.6) is 5.75 Å². The van der Waals surface area contributed by atoms with E-state index in [-0.39, 0.29) is 4.90 Å². The Morgan fingerprint density at radius 2 is 2.00 bits per heavy atom. The maximum atomic E-state index is 12.3. The number of aryl methyl sites for hydroxylation is 1. The minimum Gasteiger partial charge on any atom is -0.495 e. The molecular weight excluding hydrogens is 300 g/mol. The molecule has 0 aliphatic heterocycles. The van der Waals surface area contributed by atoms with Gasteiger partial charge in [0.25, 0.3) is 0 Å². The van der Waals surface area contributed by atoms with Crippen molar-refractivity contribution in [1.29, 1.82) is 0 Å². The van der Waals surface area contributed by atoms with E-state index in [9.17, 15) is 8.42 Å². The smallest absolute Gasteiger partial charge is 0.244 e. The molecule has 20 heavy (non-hydrogen) atoms. The number of nitrogens with one attached hydrogen (secondary N) is 1. The van der Waals surface area contributed by atoms with Gasteiger partial charge >= 0.3 is 0 Å². The molecular formula is C13H21ClN2O3S. The van der Waals surface area contributed by atoms with Crippen LogP contribution in [0.2, 0.25) is 5.02 Å². The Hall–Kier alpha value is -0.820. The Morgan fingerprint density at radius 1 is 1.35 bits per heavy atom. The molecule has 1 aromatic rings. The van der Waals surface area contributed by atoms with E-state index in [1.54, 1.807) is 13.0 Å². The maximum Gasteiger partial charge on any atom is 0.244 e. The average molecular weight is 321 g/mol. The molecule has 0 heterocycles. The largest absolute Gasteiger partial charge is 0.495 e. The predicted molar refractivity (Wildman–Crippen MR) is 81.1 cm³/mol. The zero-order valence-corrected chi connectivity index (χ0v) is 13.8. The quantitative estimate of drug-likeness (QED) is 0.779. The molecule has 0 atom stereocenters. The first-order valence-electron chi connectivity index (χ1n) is 6.26. The molecule has 1 aromatic carbocycles. The molecule has 0 aliphatic rings. The topological polar surface area (TPSA) is 58.6 Å². The minimum atomic E-state index is -3.62. The molecule has 0 saturated heterocycles. The molecule has 0 unspecified atom stereocenters. The lowest BCUT2D eigenvalue weighted by Gasteiger charge is -2.14. The van der Waals surface area contributed by atoms with Crippen molar-refractivity contribution in [3.05, 3.63) is 22.7 Å². The monoisotopic (exact) mass is 320 g/mol. The summed E-state index contributed by atoms with van der Waals surface area (Å²) < 4.78 is 32.3. The lowest BCUT2D eigenvalue weighted by atomic mass is 10.2. The number of halogens is 1. The van der Waals surface area contributed by atoms with Gasteiger partial charge in [-0.3, -0.25) is 0 Å². The van der Waals surface area contributed by atoms with Gasteiger partial charge in [0.2, 0.25) is 10.0 Å². The Labute approximate surface area is 125 Å². The van der Waals surface area contributed by atoms with Crippen LogP contribution in [-0.2, 0) is 10.0 Å². The first-order valence-corrected chi connectivity index (χ1v) is 8.12. The molecule has 7 heteroatoms. The fourth-order valence-electron chi connectivity index (χ4n) is 1.84. The Morgan fingerprint density at radius 3 is 2.55 bits per heavy atom. The molecule has 0 fully saturated rings. The van der Waals surface area contributed by atoms with Crippen molar-refractivity contribution in [2.75, 3.05) is 34.3 Å². The van der Waals surface area contributed by atoms with Crippen LogP contribution in [0.4, 0.5) is 0 Å². The van der Waals surface area contributed by atoms with Crippen LogP contribution in [0.15, 0.2) is 17.0 Å². The highest BCUT2D eigenvalue weighted by Crippen LogP contribution is 2.30. The molecule has 1 rings (SSSR count). The van der Waals surface area contributed by atoms with E-state index in [4.69, 9.17) is 16.3 Å². The van der Waals surface area contributed by atoms with Crippen molar-refractivity contribution >= 4 is 21.6 Å². The maximum absolute atomic E-state index is 12.3. The third-order valence-electron chi connectivity index (χ3n) is 2.77. The van der Waals surface area contributed by atoms with E-state index >= 15 is 0 Å². The van der Waals surface area contributed by atoms with E-state index in [0.29, 0.717) is 22.9 Å². The fourth-order valence-corrected chi connectivity index (χ4v) is 3.52. The number of rotatable bonds is 7. The number of benzene rings is 1. The van der Waals surface area contributed by atoms with Crippen LogP contribution in [-0.4, -0.2) is 47.6 Å². The predicted octanol–water partition coefficient (Wildman–Crippen LogP) is 1.89. The number of methoxy groups -OCH3 is 1. The summed E-state index contributed by atoms with van der Waals surface area (Å²) in [5, 5.41) is 0.372. The molecule has 0 aromatic heterocycles. The van der Waals surface area contributed by atoms with E-state index in [0.717, 1.165) is 13.0 Å². The summed E-state index contributed by atoms with van der Waals surface area (Å²) in [5.41, 5.74) is 0.689. The van der Waals surface area contributed by atoms with Gasteiger partial charge in [0.15, 0.2) is 0 Å².